The van der Waals surface area contributed by atoms with Gasteiger partial charge in [0, 0.05) is 13.3 Å². The number of aromatic nitrogens is 2. The van der Waals surface area contributed by atoms with Crippen LogP contribution in [0.1, 0.15) is 53.1 Å². The molecule has 0 fully saturated rings. The molecule has 0 spiro atoms. The first-order chi connectivity index (χ1) is 8.20. The van der Waals surface area contributed by atoms with Crippen LogP contribution in [0.3, 0.4) is 0 Å². The van der Waals surface area contributed by atoms with Crippen LogP contribution in [0, 0.1) is 6.92 Å². The number of aryl methyl sites for hydroxylation is 1. The maximum atomic E-state index is 4.33. The third-order valence-electron chi connectivity index (χ3n) is 1.92. The van der Waals surface area contributed by atoms with Gasteiger partial charge in [-0.2, -0.15) is 0 Å². The van der Waals surface area contributed by atoms with Crippen LogP contribution in [0.15, 0.2) is 11.1 Å². The van der Waals surface area contributed by atoms with Gasteiger partial charge in [0.05, 0.1) is 5.69 Å². The molecule has 0 aliphatic carbocycles. The maximum absolute atomic E-state index is 4.33. The molecule has 0 saturated heterocycles. The third kappa shape index (κ3) is 5.48. The average Bonchev–Trinajstić information content (AvgIpc) is 2.63. The molecule has 1 aromatic heterocycles. The molecule has 0 amide bonds. The van der Waals surface area contributed by atoms with Crippen molar-refractivity contribution in [3.05, 3.63) is 17.6 Å². The van der Waals surface area contributed by atoms with Gasteiger partial charge in [-0.15, -0.1) is 0 Å². The first-order valence-electron chi connectivity index (χ1n) is 6.35. The number of nitrogens with zero attached hydrogens (tertiary/aromatic N) is 3. The summed E-state index contributed by atoms with van der Waals surface area (Å²) >= 11 is 0. The summed E-state index contributed by atoms with van der Waals surface area (Å²) in [6.45, 7) is 13.9. The number of imidazole rings is 1. The Kier molecular flexibility index (Phi) is 11.8. The van der Waals surface area contributed by atoms with Crippen molar-refractivity contribution in [2.24, 2.45) is 12.0 Å². The van der Waals surface area contributed by atoms with E-state index in [1.165, 1.54) is 0 Å². The summed E-state index contributed by atoms with van der Waals surface area (Å²) < 4.78 is 2.03. The summed E-state index contributed by atoms with van der Waals surface area (Å²) in [5, 5.41) is 0. The number of hydrogen-bond acceptors (Lipinski definition) is 2. The molecule has 0 aliphatic heterocycles. The fraction of sp³-hybridized carbons (Fsp3) is 0.571. The van der Waals surface area contributed by atoms with Crippen LogP contribution >= 0.6 is 0 Å². The van der Waals surface area contributed by atoms with Crippen LogP contribution in [0.4, 0.5) is 5.82 Å². The Morgan fingerprint density at radius 3 is 2.06 bits per heavy atom. The van der Waals surface area contributed by atoms with Crippen molar-refractivity contribution in [2.45, 2.75) is 48.5 Å². The molecule has 1 rings (SSSR count). The highest BCUT2D eigenvalue weighted by atomic mass is 15.1. The lowest BCUT2D eigenvalue weighted by molar-refractivity contribution is 0.849. The van der Waals surface area contributed by atoms with Crippen LogP contribution in [0.5, 0.6) is 0 Å². The average molecular weight is 237 g/mol. The number of aliphatic imine (C=N–C) groups is 1. The van der Waals surface area contributed by atoms with E-state index in [9.17, 15) is 0 Å². The molecule has 0 radical (unpaired) electrons. The van der Waals surface area contributed by atoms with Crippen molar-refractivity contribution >= 4 is 18.1 Å². The summed E-state index contributed by atoms with van der Waals surface area (Å²) in [6, 6.07) is 0. The van der Waals surface area contributed by atoms with Gasteiger partial charge >= 0.3 is 0 Å². The molecule has 17 heavy (non-hydrogen) atoms. The molecule has 98 valence electrons. The van der Waals surface area contributed by atoms with Crippen LogP contribution in [0.2, 0.25) is 0 Å². The van der Waals surface area contributed by atoms with Crippen molar-refractivity contribution in [2.75, 3.05) is 0 Å². The van der Waals surface area contributed by atoms with Crippen molar-refractivity contribution in [3.8, 4) is 0 Å². The van der Waals surface area contributed by atoms with Gasteiger partial charge in [0.2, 0.25) is 0 Å². The predicted molar refractivity (Wildman–Crippen MR) is 79.2 cm³/mol. The molecule has 3 heteroatoms. The second-order valence-corrected chi connectivity index (χ2v) is 2.81. The van der Waals surface area contributed by atoms with Crippen LogP contribution in [-0.2, 0) is 7.05 Å². The molecule has 0 atom stereocenters. The summed E-state index contributed by atoms with van der Waals surface area (Å²) in [4.78, 5) is 8.53. The minimum atomic E-state index is 0.792. The first kappa shape index (κ1) is 18.0. The fourth-order valence-corrected chi connectivity index (χ4v) is 1.17. The zero-order chi connectivity index (χ0) is 13.8. The Bertz CT molecular complexity index is 347. The van der Waals surface area contributed by atoms with Crippen LogP contribution in [-0.4, -0.2) is 15.8 Å². The Morgan fingerprint density at radius 1 is 1.12 bits per heavy atom. The van der Waals surface area contributed by atoms with Gasteiger partial charge in [-0.1, -0.05) is 33.8 Å². The quantitative estimate of drug-likeness (QED) is 0.695. The molecule has 1 aromatic rings. The SMILES string of the molecule is C/C=C\c1c(/N=C\C)nc(C)n1C.CC.CC. The second kappa shape index (κ2) is 11.1. The maximum Gasteiger partial charge on any atom is 0.177 e. The number of rotatable bonds is 2. The smallest absolute Gasteiger partial charge is 0.177 e. The molecule has 0 unspecified atom stereocenters. The highest BCUT2D eigenvalue weighted by Gasteiger charge is 2.06. The van der Waals surface area contributed by atoms with E-state index in [-0.39, 0.29) is 0 Å². The molecule has 0 aromatic carbocycles. The fourth-order valence-electron chi connectivity index (χ4n) is 1.17. The Labute approximate surface area is 106 Å². The number of hydrogen-bond donors (Lipinski definition) is 0. The van der Waals surface area contributed by atoms with E-state index < -0.39 is 0 Å². The largest absolute Gasteiger partial charge is 0.330 e. The van der Waals surface area contributed by atoms with Crippen molar-refractivity contribution in [1.29, 1.82) is 0 Å². The van der Waals surface area contributed by atoms with Gasteiger partial charge in [-0.3, -0.25) is 0 Å². The molecule has 0 aliphatic rings. The Morgan fingerprint density at radius 2 is 1.65 bits per heavy atom. The molecule has 1 heterocycles. The van der Waals surface area contributed by atoms with Crippen LogP contribution < -0.4 is 0 Å². The minimum Gasteiger partial charge on any atom is -0.330 e. The van der Waals surface area contributed by atoms with Crippen LogP contribution in [0.25, 0.3) is 6.08 Å². The highest BCUT2D eigenvalue weighted by molar-refractivity contribution is 5.65. The molecule has 0 N–H and O–H groups in total. The lowest BCUT2D eigenvalue weighted by Gasteiger charge is -1.97. The van der Waals surface area contributed by atoms with Gasteiger partial charge in [-0.05, 0) is 26.8 Å². The van der Waals surface area contributed by atoms with Gasteiger partial charge in [0.15, 0.2) is 5.82 Å². The van der Waals surface area contributed by atoms with E-state index in [2.05, 4.69) is 9.98 Å². The lowest BCUT2D eigenvalue weighted by atomic mass is 10.4. The first-order valence-corrected chi connectivity index (χ1v) is 6.35. The highest BCUT2D eigenvalue weighted by Crippen LogP contribution is 2.19. The van der Waals surface area contributed by atoms with Gasteiger partial charge in [0.1, 0.15) is 5.82 Å². The summed E-state index contributed by atoms with van der Waals surface area (Å²) in [6.07, 6.45) is 5.77. The molecular weight excluding hydrogens is 210 g/mol. The molecule has 0 bridgehead atoms. The zero-order valence-electron chi connectivity index (χ0n) is 12.6. The molecular formula is C14H27N3. The Hall–Kier alpha value is -1.38. The standard InChI is InChI=1S/C10H15N3.2C2H6/c1-5-7-9-10(11-6-2)12-8(3)13(9)4;2*1-2/h5-7H,1-4H3;2*1-2H3/b7-5-,11-6-;;. The van der Waals surface area contributed by atoms with E-state index in [1.54, 1.807) is 6.21 Å². The van der Waals surface area contributed by atoms with E-state index in [4.69, 9.17) is 0 Å². The van der Waals surface area contributed by atoms with E-state index in [0.29, 0.717) is 0 Å². The van der Waals surface area contributed by atoms with Crippen molar-refractivity contribution < 1.29 is 0 Å². The normalized spacial score (nSPS) is 9.88. The van der Waals surface area contributed by atoms with E-state index in [1.807, 2.05) is 72.2 Å². The van der Waals surface area contributed by atoms with E-state index >= 15 is 0 Å². The summed E-state index contributed by atoms with van der Waals surface area (Å²) in [7, 11) is 1.99. The van der Waals surface area contributed by atoms with Crippen molar-refractivity contribution in [1.82, 2.24) is 9.55 Å². The zero-order valence-corrected chi connectivity index (χ0v) is 12.6. The van der Waals surface area contributed by atoms with E-state index in [0.717, 1.165) is 17.3 Å². The third-order valence-corrected chi connectivity index (χ3v) is 1.92. The van der Waals surface area contributed by atoms with Gasteiger partial charge in [0.25, 0.3) is 0 Å². The lowest BCUT2D eigenvalue weighted by Crippen LogP contribution is -1.93. The number of allylic oxidation sites excluding steroid dienone is 1. The Balaban J connectivity index is 0. The molecule has 0 saturated carbocycles. The topological polar surface area (TPSA) is 30.2 Å². The van der Waals surface area contributed by atoms with Gasteiger partial charge < -0.3 is 4.57 Å². The summed E-state index contributed by atoms with van der Waals surface area (Å²) in [5.41, 5.74) is 1.05. The summed E-state index contributed by atoms with van der Waals surface area (Å²) in [5.74, 6) is 1.77. The predicted octanol–water partition coefficient (Wildman–Crippen LogP) is 4.54. The monoisotopic (exact) mass is 237 g/mol. The minimum absolute atomic E-state index is 0.792. The van der Waals surface area contributed by atoms with Gasteiger partial charge in [-0.25, -0.2) is 9.98 Å². The second-order valence-electron chi connectivity index (χ2n) is 2.81. The van der Waals surface area contributed by atoms with Crippen molar-refractivity contribution in [3.63, 3.8) is 0 Å². The molecule has 3 nitrogen and oxygen atoms in total.